The van der Waals surface area contributed by atoms with E-state index in [0.717, 1.165) is 26.2 Å². The average molecular weight is 294 g/mol. The summed E-state index contributed by atoms with van der Waals surface area (Å²) >= 11 is 0. The Morgan fingerprint density at radius 2 is 1.65 bits per heavy atom. The molecule has 3 N–H and O–H groups in total. The quantitative estimate of drug-likeness (QED) is 0.350. The van der Waals surface area contributed by atoms with Gasteiger partial charge >= 0.3 is 0 Å². The number of carbonyl (C=O) groups is 3. The van der Waals surface area contributed by atoms with Crippen molar-refractivity contribution in [1.29, 1.82) is 0 Å². The summed E-state index contributed by atoms with van der Waals surface area (Å²) in [5.41, 5.74) is 0. The van der Waals surface area contributed by atoms with Gasteiger partial charge in [-0.05, 0) is 33.4 Å². The van der Waals surface area contributed by atoms with Gasteiger partial charge in [0.15, 0.2) is 0 Å². The first-order chi connectivity index (χ1) is 9.22. The standard InChI is InChI=1S/C11H23N3O2.C2H4O2/c1-9(15)13-8-6-5-7-10(14(3)4)11(16)12-2;1-2(3)4/h10H,5-8H2,1-4H3,(H,12,16)(H,13,15);1H3,(H,3,4)/i2+1,11+1,13+1;1+1,2+1. The number of aliphatic carboxylic acids is 1. The molecule has 0 aromatic heterocycles. The van der Waals surface area contributed by atoms with E-state index in [-0.39, 0.29) is 17.9 Å². The molecule has 0 aliphatic rings. The molecule has 0 rings (SSSR count). The van der Waals surface area contributed by atoms with Crippen molar-refractivity contribution >= 4 is 17.8 Å². The molecule has 0 aliphatic carbocycles. The Morgan fingerprint density at radius 3 is 2.00 bits per heavy atom. The lowest BCUT2D eigenvalue weighted by Gasteiger charge is -2.22. The van der Waals surface area contributed by atoms with Crippen molar-refractivity contribution in [1.82, 2.24) is 15.5 Å². The Morgan fingerprint density at radius 1 is 1.15 bits per heavy atom. The van der Waals surface area contributed by atoms with E-state index < -0.39 is 5.97 Å². The maximum absolute atomic E-state index is 11.5. The highest BCUT2D eigenvalue weighted by Crippen LogP contribution is 2.05. The Labute approximate surface area is 120 Å². The van der Waals surface area contributed by atoms with Gasteiger partial charge in [0.2, 0.25) is 11.8 Å². The van der Waals surface area contributed by atoms with E-state index in [0.29, 0.717) is 6.54 Å². The normalized spacial score (nSPS) is 11.1. The van der Waals surface area contributed by atoms with Crippen molar-refractivity contribution in [3.8, 4) is 0 Å². The zero-order valence-corrected chi connectivity index (χ0v) is 13.0. The lowest BCUT2D eigenvalue weighted by Crippen LogP contribution is -2.42. The number of likely N-dealkylation sites (N-methyl/N-ethyl adjacent to an activating group) is 2. The number of hydrogen-bond donors (Lipinski definition) is 3. The van der Waals surface area contributed by atoms with E-state index in [4.69, 9.17) is 9.90 Å². The van der Waals surface area contributed by atoms with Gasteiger partial charge in [-0.15, -0.1) is 0 Å². The van der Waals surface area contributed by atoms with Crippen LogP contribution in [0.1, 0.15) is 33.1 Å². The molecule has 7 nitrogen and oxygen atoms in total. The van der Waals surface area contributed by atoms with E-state index in [9.17, 15) is 9.59 Å². The molecule has 0 bridgehead atoms. The van der Waals surface area contributed by atoms with Gasteiger partial charge in [-0.1, -0.05) is 0 Å². The molecule has 0 radical (unpaired) electrons. The van der Waals surface area contributed by atoms with Crippen LogP contribution in [0.25, 0.3) is 0 Å². The fourth-order valence-electron chi connectivity index (χ4n) is 1.52. The number of unbranched alkanes of at least 4 members (excludes halogenated alkanes) is 1. The third-order valence-electron chi connectivity index (χ3n) is 2.45. The largest absolute Gasteiger partial charge is 0.481 e. The fourth-order valence-corrected chi connectivity index (χ4v) is 1.52. The van der Waals surface area contributed by atoms with Gasteiger partial charge in [-0.3, -0.25) is 19.3 Å². The second-order valence-electron chi connectivity index (χ2n) is 4.59. The van der Waals surface area contributed by atoms with Gasteiger partial charge in [0.1, 0.15) is 0 Å². The summed E-state index contributed by atoms with van der Waals surface area (Å²) in [5.74, 6) is -0.792. The monoisotopic (exact) mass is 294 g/mol. The van der Waals surface area contributed by atoms with Crippen LogP contribution >= 0.6 is 0 Å². The van der Waals surface area contributed by atoms with Crippen LogP contribution in [0.5, 0.6) is 0 Å². The molecule has 0 spiro atoms. The second-order valence-corrected chi connectivity index (χ2v) is 4.59. The number of nitrogens with zero attached hydrogens (tertiary/aromatic N) is 1. The molecule has 0 fully saturated rings. The first-order valence-electron chi connectivity index (χ1n) is 6.54. The molecule has 2 amide bonds. The zero-order valence-electron chi connectivity index (χ0n) is 13.0. The smallest absolute Gasteiger partial charge is 0.300 e. The van der Waals surface area contributed by atoms with Crippen LogP contribution < -0.4 is 10.6 Å². The summed E-state index contributed by atoms with van der Waals surface area (Å²) in [6.45, 7) is 3.27. The molecule has 0 aliphatic heterocycles. The van der Waals surface area contributed by atoms with Gasteiger partial charge in [-0.2, -0.15) is 0 Å². The number of carboxylic acid groups (broad SMARTS) is 1. The molecule has 20 heavy (non-hydrogen) atoms. The van der Waals surface area contributed by atoms with Gasteiger partial charge in [0.25, 0.3) is 5.97 Å². The number of nitrogens with one attached hydrogen (secondary N) is 2. The summed E-state index contributed by atoms with van der Waals surface area (Å²) in [4.78, 5) is 33.0. The highest BCUT2D eigenvalue weighted by molar-refractivity contribution is 5.81. The van der Waals surface area contributed by atoms with Crippen LogP contribution in [0.2, 0.25) is 0 Å². The molecule has 1 unspecified atom stereocenters. The first kappa shape index (κ1) is 20.7. The van der Waals surface area contributed by atoms with E-state index in [1.165, 1.54) is 6.92 Å². The second kappa shape index (κ2) is 12.4. The third-order valence-corrected chi connectivity index (χ3v) is 2.45. The number of hydrogen-bond acceptors (Lipinski definition) is 4. The van der Waals surface area contributed by atoms with Crippen molar-refractivity contribution in [2.45, 2.75) is 39.2 Å². The van der Waals surface area contributed by atoms with Crippen molar-refractivity contribution in [3.63, 3.8) is 0 Å². The van der Waals surface area contributed by atoms with Gasteiger partial charge in [-0.25, -0.2) is 0 Å². The lowest BCUT2D eigenvalue weighted by atomic mass is 10.2. The lowest BCUT2D eigenvalue weighted by molar-refractivity contribution is -0.134. The third kappa shape index (κ3) is 14.4. The Balaban J connectivity index is 0. The molecule has 0 saturated heterocycles. The number of rotatable bonds is 7. The predicted octanol–water partition coefficient (Wildman–Crippen LogP) is 0.0599. The van der Waals surface area contributed by atoms with E-state index in [2.05, 4.69) is 10.6 Å². The summed E-state index contributed by atoms with van der Waals surface area (Å²) in [7, 11) is 5.44. The molecule has 0 aromatic carbocycles. The van der Waals surface area contributed by atoms with Crippen LogP contribution in [-0.2, 0) is 14.4 Å². The molecule has 1 atom stereocenters. The average Bonchev–Trinajstić information content (AvgIpc) is 2.31. The highest BCUT2D eigenvalue weighted by Gasteiger charge is 2.18. The molecular formula is C13H27N3O4. The molecule has 118 valence electrons. The van der Waals surface area contributed by atoms with Crippen LogP contribution in [0, 0.1) is 0 Å². The van der Waals surface area contributed by atoms with Gasteiger partial charge < -0.3 is 15.7 Å². The Bertz CT molecular complexity index is 302. The fraction of sp³-hybridized carbons (Fsp3) is 0.769. The molecule has 0 saturated carbocycles. The SMILES string of the molecule is CC(=O)[15NH]CCCCC([13C](=O)N[13CH3])N(C)C.[13CH3][13C](=O)O. The van der Waals surface area contributed by atoms with Crippen molar-refractivity contribution in [2.24, 2.45) is 0 Å². The van der Waals surface area contributed by atoms with Crippen molar-refractivity contribution < 1.29 is 19.5 Å². The predicted molar refractivity (Wildman–Crippen MR) is 77.4 cm³/mol. The molecular weight excluding hydrogens is 267 g/mol. The van der Waals surface area contributed by atoms with Gasteiger partial charge in [0, 0.05) is 27.4 Å². The molecule has 0 aromatic rings. The minimum atomic E-state index is -0.833. The minimum absolute atomic E-state index is 0.00420. The van der Waals surface area contributed by atoms with E-state index in [1.54, 1.807) is 7.05 Å². The molecule has 7 heteroatoms. The Kier molecular flexibility index (Phi) is 12.8. The van der Waals surface area contributed by atoms with Crippen LogP contribution in [0.4, 0.5) is 0 Å². The summed E-state index contributed by atoms with van der Waals surface area (Å²) in [5, 5.41) is 12.8. The number of carboxylic acids is 1. The van der Waals surface area contributed by atoms with Crippen LogP contribution in [0.3, 0.4) is 0 Å². The van der Waals surface area contributed by atoms with E-state index >= 15 is 0 Å². The van der Waals surface area contributed by atoms with Crippen LogP contribution in [-0.4, -0.2) is 61.5 Å². The maximum atomic E-state index is 11.5. The number of amides is 2. The zero-order chi connectivity index (χ0) is 16.1. The van der Waals surface area contributed by atoms with E-state index in [1.807, 2.05) is 19.0 Å². The minimum Gasteiger partial charge on any atom is -0.481 e. The Hall–Kier alpha value is -1.63. The van der Waals surface area contributed by atoms with Crippen molar-refractivity contribution in [3.05, 3.63) is 0 Å². The summed E-state index contributed by atoms with van der Waals surface area (Å²) < 4.78 is 0. The highest BCUT2D eigenvalue weighted by atomic mass is 16.5. The maximum Gasteiger partial charge on any atom is 0.300 e. The van der Waals surface area contributed by atoms with Gasteiger partial charge in [0.05, 0.1) is 6.04 Å². The summed E-state index contributed by atoms with van der Waals surface area (Å²) in [6.07, 6.45) is 2.64. The number of carbonyl (C=O) groups excluding carboxylic acids is 2. The topological polar surface area (TPSA) is 98.7 Å². The first-order valence-corrected chi connectivity index (χ1v) is 6.54. The van der Waals surface area contributed by atoms with Crippen LogP contribution in [0.15, 0.2) is 0 Å². The van der Waals surface area contributed by atoms with Crippen molar-refractivity contribution in [2.75, 3.05) is 27.7 Å². The summed E-state index contributed by atoms with van der Waals surface area (Å²) in [6, 6.07) is -0.0812. The molecule has 0 heterocycles.